The van der Waals surface area contributed by atoms with Crippen LogP contribution in [0.15, 0.2) is 48.5 Å². The van der Waals surface area contributed by atoms with Crippen molar-refractivity contribution < 1.29 is 0 Å². The van der Waals surface area contributed by atoms with Crippen molar-refractivity contribution in [2.75, 3.05) is 6.54 Å². The highest BCUT2D eigenvalue weighted by Crippen LogP contribution is 2.12. The summed E-state index contributed by atoms with van der Waals surface area (Å²) in [6, 6.07) is 16.5. The maximum absolute atomic E-state index is 5.89. The maximum Gasteiger partial charge on any atom is 0.0406 e. The molecule has 3 heteroatoms. The van der Waals surface area contributed by atoms with Gasteiger partial charge in [-0.3, -0.25) is 0 Å². The van der Waals surface area contributed by atoms with E-state index in [4.69, 9.17) is 23.2 Å². The van der Waals surface area contributed by atoms with Crippen LogP contribution in [0.2, 0.25) is 10.0 Å². The van der Waals surface area contributed by atoms with Gasteiger partial charge in [0.05, 0.1) is 0 Å². The summed E-state index contributed by atoms with van der Waals surface area (Å²) in [4.78, 5) is 0. The van der Waals surface area contributed by atoms with Crippen LogP contribution in [-0.4, -0.2) is 12.6 Å². The van der Waals surface area contributed by atoms with Gasteiger partial charge in [0.15, 0.2) is 0 Å². The van der Waals surface area contributed by atoms with E-state index >= 15 is 0 Å². The second kappa shape index (κ2) is 7.68. The van der Waals surface area contributed by atoms with Gasteiger partial charge in [0.2, 0.25) is 0 Å². The van der Waals surface area contributed by atoms with Gasteiger partial charge in [-0.1, -0.05) is 47.5 Å². The first-order valence-electron chi connectivity index (χ1n) is 6.86. The summed E-state index contributed by atoms with van der Waals surface area (Å²) in [7, 11) is 0. The second-order valence-electron chi connectivity index (χ2n) is 5.06. The Morgan fingerprint density at radius 1 is 0.850 bits per heavy atom. The van der Waals surface area contributed by atoms with E-state index < -0.39 is 0 Å². The normalized spacial score (nSPS) is 12.3. The second-order valence-corrected chi connectivity index (χ2v) is 5.94. The van der Waals surface area contributed by atoms with E-state index in [0.29, 0.717) is 6.04 Å². The SMILES string of the molecule is CC(Cc1ccc(Cl)cc1)NCCc1ccc(Cl)cc1. The summed E-state index contributed by atoms with van der Waals surface area (Å²) >= 11 is 11.8. The van der Waals surface area contributed by atoms with Crippen LogP contribution in [-0.2, 0) is 12.8 Å². The molecule has 106 valence electrons. The van der Waals surface area contributed by atoms with Crippen molar-refractivity contribution in [3.8, 4) is 0 Å². The summed E-state index contributed by atoms with van der Waals surface area (Å²) < 4.78 is 0. The summed E-state index contributed by atoms with van der Waals surface area (Å²) in [5, 5.41) is 5.12. The van der Waals surface area contributed by atoms with Crippen LogP contribution in [0.5, 0.6) is 0 Å². The molecule has 0 bridgehead atoms. The molecule has 1 unspecified atom stereocenters. The Bertz CT molecular complexity index is 520. The van der Waals surface area contributed by atoms with Crippen molar-refractivity contribution in [2.45, 2.75) is 25.8 Å². The molecule has 1 atom stereocenters. The molecule has 0 aliphatic carbocycles. The fourth-order valence-electron chi connectivity index (χ4n) is 2.16. The first-order valence-corrected chi connectivity index (χ1v) is 7.61. The van der Waals surface area contributed by atoms with Gasteiger partial charge in [-0.15, -0.1) is 0 Å². The van der Waals surface area contributed by atoms with Gasteiger partial charge in [-0.05, 0) is 61.7 Å². The third kappa shape index (κ3) is 5.16. The molecule has 0 saturated heterocycles. The molecule has 0 fully saturated rings. The lowest BCUT2D eigenvalue weighted by molar-refractivity contribution is 0.548. The van der Waals surface area contributed by atoms with E-state index in [1.807, 2.05) is 24.3 Å². The Labute approximate surface area is 130 Å². The highest BCUT2D eigenvalue weighted by atomic mass is 35.5. The number of benzene rings is 2. The zero-order valence-corrected chi connectivity index (χ0v) is 13.1. The van der Waals surface area contributed by atoms with Crippen molar-refractivity contribution in [3.63, 3.8) is 0 Å². The van der Waals surface area contributed by atoms with Crippen molar-refractivity contribution in [1.82, 2.24) is 5.32 Å². The summed E-state index contributed by atoms with van der Waals surface area (Å²) in [6.07, 6.45) is 2.03. The molecule has 2 aromatic rings. The third-order valence-electron chi connectivity index (χ3n) is 3.27. The lowest BCUT2D eigenvalue weighted by Crippen LogP contribution is -2.29. The molecule has 0 radical (unpaired) electrons. The van der Waals surface area contributed by atoms with Crippen LogP contribution in [0.4, 0.5) is 0 Å². The topological polar surface area (TPSA) is 12.0 Å². The molecule has 0 aromatic heterocycles. The van der Waals surface area contributed by atoms with E-state index in [1.165, 1.54) is 11.1 Å². The van der Waals surface area contributed by atoms with Crippen LogP contribution >= 0.6 is 23.2 Å². The minimum Gasteiger partial charge on any atom is -0.314 e. The van der Waals surface area contributed by atoms with Crippen LogP contribution in [0.1, 0.15) is 18.1 Å². The Hall–Kier alpha value is -1.02. The molecular weight excluding hydrogens is 289 g/mol. The number of nitrogens with one attached hydrogen (secondary N) is 1. The van der Waals surface area contributed by atoms with E-state index in [2.05, 4.69) is 36.5 Å². The van der Waals surface area contributed by atoms with Crippen LogP contribution in [0.25, 0.3) is 0 Å². The van der Waals surface area contributed by atoms with Gasteiger partial charge < -0.3 is 5.32 Å². The maximum atomic E-state index is 5.89. The molecule has 0 aliphatic heterocycles. The smallest absolute Gasteiger partial charge is 0.0406 e. The average molecular weight is 308 g/mol. The first kappa shape index (κ1) is 15.4. The van der Waals surface area contributed by atoms with Crippen molar-refractivity contribution in [1.29, 1.82) is 0 Å². The lowest BCUT2D eigenvalue weighted by atomic mass is 10.1. The Kier molecular flexibility index (Phi) is 5.90. The Morgan fingerprint density at radius 2 is 1.35 bits per heavy atom. The molecule has 2 rings (SSSR count). The minimum atomic E-state index is 0.448. The average Bonchev–Trinajstić information content (AvgIpc) is 2.44. The third-order valence-corrected chi connectivity index (χ3v) is 3.78. The molecule has 0 amide bonds. The zero-order chi connectivity index (χ0) is 14.4. The van der Waals surface area contributed by atoms with Gasteiger partial charge >= 0.3 is 0 Å². The minimum absolute atomic E-state index is 0.448. The van der Waals surface area contributed by atoms with Gasteiger partial charge in [0, 0.05) is 16.1 Å². The molecule has 0 aliphatic rings. The van der Waals surface area contributed by atoms with Crippen LogP contribution in [0.3, 0.4) is 0 Å². The van der Waals surface area contributed by atoms with E-state index in [9.17, 15) is 0 Å². The van der Waals surface area contributed by atoms with Crippen LogP contribution < -0.4 is 5.32 Å². The highest BCUT2D eigenvalue weighted by molar-refractivity contribution is 6.30. The Balaban J connectivity index is 1.73. The number of halogens is 2. The van der Waals surface area contributed by atoms with Crippen molar-refractivity contribution >= 4 is 23.2 Å². The molecule has 0 saturated carbocycles. The summed E-state index contributed by atoms with van der Waals surface area (Å²) in [6.45, 7) is 3.17. The molecule has 1 nitrogen and oxygen atoms in total. The standard InChI is InChI=1S/C17H19Cl2N/c1-13(12-15-4-8-17(19)9-5-15)20-11-10-14-2-6-16(18)7-3-14/h2-9,13,20H,10-12H2,1H3. The number of rotatable bonds is 6. The molecule has 20 heavy (non-hydrogen) atoms. The first-order chi connectivity index (χ1) is 9.63. The Morgan fingerprint density at radius 3 is 1.90 bits per heavy atom. The molecule has 0 spiro atoms. The predicted molar refractivity (Wildman–Crippen MR) is 87.8 cm³/mol. The largest absolute Gasteiger partial charge is 0.314 e. The molecular formula is C17H19Cl2N. The molecule has 0 heterocycles. The van der Waals surface area contributed by atoms with Gasteiger partial charge in [-0.25, -0.2) is 0 Å². The molecule has 1 N–H and O–H groups in total. The van der Waals surface area contributed by atoms with Gasteiger partial charge in [0.25, 0.3) is 0 Å². The zero-order valence-electron chi connectivity index (χ0n) is 11.6. The van der Waals surface area contributed by atoms with E-state index in [0.717, 1.165) is 29.4 Å². The monoisotopic (exact) mass is 307 g/mol. The van der Waals surface area contributed by atoms with E-state index in [-0.39, 0.29) is 0 Å². The van der Waals surface area contributed by atoms with Gasteiger partial charge in [-0.2, -0.15) is 0 Å². The lowest BCUT2D eigenvalue weighted by Gasteiger charge is -2.14. The fourth-order valence-corrected chi connectivity index (χ4v) is 2.41. The highest BCUT2D eigenvalue weighted by Gasteiger charge is 2.03. The van der Waals surface area contributed by atoms with Gasteiger partial charge in [0.1, 0.15) is 0 Å². The predicted octanol–water partition coefficient (Wildman–Crippen LogP) is 4.76. The van der Waals surface area contributed by atoms with Crippen molar-refractivity contribution in [2.24, 2.45) is 0 Å². The van der Waals surface area contributed by atoms with E-state index in [1.54, 1.807) is 0 Å². The summed E-state index contributed by atoms with van der Waals surface area (Å²) in [5.74, 6) is 0. The summed E-state index contributed by atoms with van der Waals surface area (Å²) in [5.41, 5.74) is 2.61. The fraction of sp³-hybridized carbons (Fsp3) is 0.294. The molecule has 2 aromatic carbocycles. The number of hydrogen-bond acceptors (Lipinski definition) is 1. The number of hydrogen-bond donors (Lipinski definition) is 1. The van der Waals surface area contributed by atoms with Crippen molar-refractivity contribution in [3.05, 3.63) is 69.7 Å². The van der Waals surface area contributed by atoms with Crippen LogP contribution in [0, 0.1) is 0 Å². The quantitative estimate of drug-likeness (QED) is 0.811.